The predicted octanol–water partition coefficient (Wildman–Crippen LogP) is 1.66. The highest BCUT2D eigenvalue weighted by Gasteiger charge is 2.11. The first kappa shape index (κ1) is 15.0. The van der Waals surface area contributed by atoms with Crippen molar-refractivity contribution in [3.63, 3.8) is 0 Å². The Bertz CT molecular complexity index is 509. The van der Waals surface area contributed by atoms with E-state index < -0.39 is 9.84 Å². The summed E-state index contributed by atoms with van der Waals surface area (Å²) in [7, 11) is -1.44. The van der Waals surface area contributed by atoms with Gasteiger partial charge in [-0.15, -0.1) is 0 Å². The molecule has 0 heterocycles. The van der Waals surface area contributed by atoms with E-state index in [0.717, 1.165) is 0 Å². The second-order valence-electron chi connectivity index (χ2n) is 3.81. The molecule has 100 valence electrons. The van der Waals surface area contributed by atoms with E-state index in [0.29, 0.717) is 17.1 Å². The molecule has 1 rings (SSSR count). The Labute approximate surface area is 112 Å². The number of carbonyl (C=O) groups excluding carboxylic acids is 1. The van der Waals surface area contributed by atoms with Gasteiger partial charge in [0.25, 0.3) is 0 Å². The van der Waals surface area contributed by atoms with Crippen molar-refractivity contribution >= 4 is 27.4 Å². The quantitative estimate of drug-likeness (QED) is 0.564. The van der Waals surface area contributed by atoms with Crippen molar-refractivity contribution in [1.82, 2.24) is 0 Å². The summed E-state index contributed by atoms with van der Waals surface area (Å²) < 4.78 is 27.0. The van der Waals surface area contributed by atoms with Crippen molar-refractivity contribution in [2.45, 2.75) is 0 Å². The molecule has 6 heteroatoms. The maximum Gasteiger partial charge on any atom is 0.176 e. The first-order valence-electron chi connectivity index (χ1n) is 5.36. The van der Waals surface area contributed by atoms with Gasteiger partial charge in [-0.3, -0.25) is 4.79 Å². The number of Topliss-reactive ketones (excluding diaryl/α,β-unsaturated/α-hetero) is 1. The summed E-state index contributed by atoms with van der Waals surface area (Å²) in [4.78, 5) is 11.9. The smallest absolute Gasteiger partial charge is 0.176 e. The summed E-state index contributed by atoms with van der Waals surface area (Å²) in [6, 6.07) is 7.01. The largest absolute Gasteiger partial charge is 0.496 e. The Kier molecular flexibility index (Phi) is 5.68. The number of benzene rings is 1. The number of hydrogen-bond acceptors (Lipinski definition) is 5. The Morgan fingerprint density at radius 1 is 1.33 bits per heavy atom. The van der Waals surface area contributed by atoms with Crippen molar-refractivity contribution in [3.8, 4) is 5.75 Å². The van der Waals surface area contributed by atoms with Gasteiger partial charge < -0.3 is 4.74 Å². The Hall–Kier alpha value is -1.01. The predicted molar refractivity (Wildman–Crippen MR) is 74.4 cm³/mol. The van der Waals surface area contributed by atoms with Crippen molar-refractivity contribution in [3.05, 3.63) is 29.8 Å². The molecule has 0 N–H and O–H groups in total. The van der Waals surface area contributed by atoms with E-state index in [4.69, 9.17) is 4.74 Å². The topological polar surface area (TPSA) is 60.4 Å². The van der Waals surface area contributed by atoms with Gasteiger partial charge in [0, 0.05) is 12.0 Å². The van der Waals surface area contributed by atoms with E-state index in [1.54, 1.807) is 24.3 Å². The number of methoxy groups -OCH3 is 1. The fourth-order valence-corrected chi connectivity index (χ4v) is 3.50. The van der Waals surface area contributed by atoms with Crippen molar-refractivity contribution in [2.24, 2.45) is 0 Å². The molecule has 0 bridgehead atoms. The van der Waals surface area contributed by atoms with Crippen LogP contribution in [0.1, 0.15) is 10.4 Å². The molecule has 0 atom stereocenters. The van der Waals surface area contributed by atoms with E-state index in [2.05, 4.69) is 0 Å². The van der Waals surface area contributed by atoms with Crippen LogP contribution in [0.2, 0.25) is 0 Å². The van der Waals surface area contributed by atoms with E-state index in [-0.39, 0.29) is 17.3 Å². The zero-order valence-corrected chi connectivity index (χ0v) is 12.0. The number of sulfone groups is 1. The van der Waals surface area contributed by atoms with E-state index in [1.165, 1.54) is 25.1 Å². The van der Waals surface area contributed by atoms with Crippen LogP contribution >= 0.6 is 11.8 Å². The molecular formula is C12H16O4S2. The highest BCUT2D eigenvalue weighted by Crippen LogP contribution is 2.19. The van der Waals surface area contributed by atoms with Crippen LogP contribution in [0.25, 0.3) is 0 Å². The average molecular weight is 288 g/mol. The first-order valence-corrected chi connectivity index (χ1v) is 8.57. The number of carbonyl (C=O) groups is 1. The standard InChI is InChI=1S/C12H16O4S2/c1-16-12-6-4-3-5-10(12)11(13)9-17-7-8-18(2,14)15/h3-6H,7-9H2,1-2H3. The molecule has 4 nitrogen and oxygen atoms in total. The minimum absolute atomic E-state index is 0.0500. The number of para-hydroxylation sites is 1. The second-order valence-corrected chi connectivity index (χ2v) is 7.17. The van der Waals surface area contributed by atoms with Gasteiger partial charge in [0.2, 0.25) is 0 Å². The minimum atomic E-state index is -2.96. The molecule has 0 unspecified atom stereocenters. The zero-order valence-electron chi connectivity index (χ0n) is 10.4. The summed E-state index contributed by atoms with van der Waals surface area (Å²) in [6.45, 7) is 0. The number of hydrogen-bond donors (Lipinski definition) is 0. The van der Waals surface area contributed by atoms with Gasteiger partial charge in [-0.2, -0.15) is 11.8 Å². The monoisotopic (exact) mass is 288 g/mol. The van der Waals surface area contributed by atoms with Crippen LogP contribution in [0.3, 0.4) is 0 Å². The number of ketones is 1. The molecule has 18 heavy (non-hydrogen) atoms. The van der Waals surface area contributed by atoms with Gasteiger partial charge in [0.1, 0.15) is 15.6 Å². The highest BCUT2D eigenvalue weighted by molar-refractivity contribution is 8.01. The summed E-state index contributed by atoms with van der Waals surface area (Å²) in [6.07, 6.45) is 1.19. The number of ether oxygens (including phenoxy) is 1. The summed E-state index contributed by atoms with van der Waals surface area (Å²) >= 11 is 1.32. The third kappa shape index (κ3) is 5.10. The van der Waals surface area contributed by atoms with E-state index in [1.807, 2.05) is 0 Å². The van der Waals surface area contributed by atoms with Gasteiger partial charge in [-0.05, 0) is 12.1 Å². The molecular weight excluding hydrogens is 272 g/mol. The van der Waals surface area contributed by atoms with Crippen LogP contribution < -0.4 is 4.74 Å². The molecule has 0 saturated carbocycles. The Balaban J connectivity index is 2.51. The maximum atomic E-state index is 11.9. The van der Waals surface area contributed by atoms with E-state index >= 15 is 0 Å². The molecule has 1 aromatic rings. The lowest BCUT2D eigenvalue weighted by molar-refractivity contribution is 0.101. The molecule has 0 aromatic heterocycles. The van der Waals surface area contributed by atoms with Crippen LogP contribution in [0.4, 0.5) is 0 Å². The number of rotatable bonds is 7. The Morgan fingerprint density at radius 3 is 2.61 bits per heavy atom. The third-order valence-corrected chi connectivity index (χ3v) is 4.40. The highest BCUT2D eigenvalue weighted by atomic mass is 32.2. The average Bonchev–Trinajstić information content (AvgIpc) is 2.33. The summed E-state index contributed by atoms with van der Waals surface area (Å²) in [5, 5.41) is 0. The molecule has 0 aliphatic rings. The van der Waals surface area contributed by atoms with Gasteiger partial charge in [0.15, 0.2) is 5.78 Å². The molecule has 0 fully saturated rings. The lowest BCUT2D eigenvalue weighted by Gasteiger charge is -2.06. The van der Waals surface area contributed by atoms with Gasteiger partial charge in [-0.1, -0.05) is 12.1 Å². The Morgan fingerprint density at radius 2 is 2.00 bits per heavy atom. The van der Waals surface area contributed by atoms with Crippen LogP contribution in [0.15, 0.2) is 24.3 Å². The lowest BCUT2D eigenvalue weighted by atomic mass is 10.1. The molecule has 0 saturated heterocycles. The fourth-order valence-electron chi connectivity index (χ4n) is 1.33. The van der Waals surface area contributed by atoms with Crippen LogP contribution in [-0.2, 0) is 9.84 Å². The minimum Gasteiger partial charge on any atom is -0.496 e. The second kappa shape index (κ2) is 6.80. The normalized spacial score (nSPS) is 11.2. The molecule has 1 aromatic carbocycles. The lowest BCUT2D eigenvalue weighted by Crippen LogP contribution is -2.09. The van der Waals surface area contributed by atoms with Crippen LogP contribution in [0, 0.1) is 0 Å². The molecule has 0 radical (unpaired) electrons. The molecule has 0 amide bonds. The summed E-state index contributed by atoms with van der Waals surface area (Å²) in [5.41, 5.74) is 0.534. The van der Waals surface area contributed by atoms with Crippen molar-refractivity contribution in [1.29, 1.82) is 0 Å². The first-order chi connectivity index (χ1) is 8.44. The van der Waals surface area contributed by atoms with Crippen molar-refractivity contribution in [2.75, 3.05) is 30.6 Å². The van der Waals surface area contributed by atoms with Crippen LogP contribution in [-0.4, -0.2) is 44.8 Å². The van der Waals surface area contributed by atoms with Gasteiger partial charge in [-0.25, -0.2) is 8.42 Å². The number of thioether (sulfide) groups is 1. The third-order valence-electron chi connectivity index (χ3n) is 2.24. The SMILES string of the molecule is COc1ccccc1C(=O)CSCCS(C)(=O)=O. The molecule has 0 aliphatic heterocycles. The van der Waals surface area contributed by atoms with E-state index in [9.17, 15) is 13.2 Å². The zero-order chi connectivity index (χ0) is 13.6. The van der Waals surface area contributed by atoms with Gasteiger partial charge >= 0.3 is 0 Å². The van der Waals surface area contributed by atoms with Crippen molar-refractivity contribution < 1.29 is 17.9 Å². The summed E-state index contributed by atoms with van der Waals surface area (Å²) in [5.74, 6) is 1.28. The maximum absolute atomic E-state index is 11.9. The fraction of sp³-hybridized carbons (Fsp3) is 0.417. The van der Waals surface area contributed by atoms with Gasteiger partial charge in [0.05, 0.1) is 24.2 Å². The molecule has 0 aliphatic carbocycles. The molecule has 0 spiro atoms. The van der Waals surface area contributed by atoms with Crippen LogP contribution in [0.5, 0.6) is 5.75 Å².